The molecule has 1 saturated heterocycles. The fourth-order valence-corrected chi connectivity index (χ4v) is 2.97. The van der Waals surface area contributed by atoms with Crippen LogP contribution in [0.1, 0.15) is 23.7 Å². The highest BCUT2D eigenvalue weighted by Gasteiger charge is 2.26. The van der Waals surface area contributed by atoms with Gasteiger partial charge in [0.2, 0.25) is 0 Å². The van der Waals surface area contributed by atoms with E-state index in [4.69, 9.17) is 18.0 Å². The molecule has 114 valence electrons. The van der Waals surface area contributed by atoms with E-state index in [1.807, 2.05) is 0 Å². The molecule has 1 atom stereocenters. The van der Waals surface area contributed by atoms with Crippen molar-refractivity contribution < 1.29 is 9.18 Å². The first-order valence-corrected chi connectivity index (χ1v) is 7.52. The van der Waals surface area contributed by atoms with Crippen molar-refractivity contribution in [2.24, 2.45) is 5.73 Å². The molecule has 0 spiro atoms. The van der Waals surface area contributed by atoms with Crippen LogP contribution in [0, 0.1) is 5.82 Å². The monoisotopic (exact) mass is 309 g/mol. The SMILES string of the molecule is CCC(C(N)=S)N1CCN(C(=O)c2ccc(F)cc2)CC1. The Kier molecular flexibility index (Phi) is 5.25. The molecule has 0 saturated carbocycles. The number of hydrogen-bond donors (Lipinski definition) is 1. The molecular weight excluding hydrogens is 289 g/mol. The fourth-order valence-electron chi connectivity index (χ4n) is 2.65. The fraction of sp³-hybridized carbons (Fsp3) is 0.467. The molecule has 2 rings (SSSR count). The van der Waals surface area contributed by atoms with Crippen LogP contribution in [-0.2, 0) is 0 Å². The number of nitrogens with zero attached hydrogens (tertiary/aromatic N) is 2. The van der Waals surface area contributed by atoms with Crippen LogP contribution in [0.25, 0.3) is 0 Å². The molecule has 1 amide bonds. The number of rotatable bonds is 4. The summed E-state index contributed by atoms with van der Waals surface area (Å²) >= 11 is 5.09. The van der Waals surface area contributed by atoms with E-state index in [2.05, 4.69) is 11.8 Å². The van der Waals surface area contributed by atoms with Gasteiger partial charge in [0.25, 0.3) is 5.91 Å². The zero-order chi connectivity index (χ0) is 15.4. The van der Waals surface area contributed by atoms with Crippen molar-refractivity contribution in [3.8, 4) is 0 Å². The summed E-state index contributed by atoms with van der Waals surface area (Å²) in [5, 5.41) is 0. The summed E-state index contributed by atoms with van der Waals surface area (Å²) in [6.45, 7) is 4.83. The first kappa shape index (κ1) is 15.9. The summed E-state index contributed by atoms with van der Waals surface area (Å²) in [5.41, 5.74) is 6.27. The van der Waals surface area contributed by atoms with Gasteiger partial charge in [0.1, 0.15) is 5.82 Å². The van der Waals surface area contributed by atoms with E-state index in [1.54, 1.807) is 4.90 Å². The van der Waals surface area contributed by atoms with E-state index in [0.717, 1.165) is 19.5 Å². The summed E-state index contributed by atoms with van der Waals surface area (Å²) in [5.74, 6) is -0.392. The second-order valence-corrected chi connectivity index (χ2v) is 5.63. The molecule has 0 bridgehead atoms. The number of thiocarbonyl (C=S) groups is 1. The van der Waals surface area contributed by atoms with Gasteiger partial charge in [-0.15, -0.1) is 0 Å². The number of benzene rings is 1. The third-order valence-electron chi connectivity index (χ3n) is 3.85. The van der Waals surface area contributed by atoms with Crippen molar-refractivity contribution in [2.75, 3.05) is 26.2 Å². The highest BCUT2D eigenvalue weighted by Crippen LogP contribution is 2.13. The van der Waals surface area contributed by atoms with Gasteiger partial charge >= 0.3 is 0 Å². The van der Waals surface area contributed by atoms with Gasteiger partial charge in [0.05, 0.1) is 11.0 Å². The van der Waals surface area contributed by atoms with E-state index >= 15 is 0 Å². The molecule has 21 heavy (non-hydrogen) atoms. The van der Waals surface area contributed by atoms with Crippen LogP contribution in [0.5, 0.6) is 0 Å². The van der Waals surface area contributed by atoms with Gasteiger partial charge in [-0.2, -0.15) is 0 Å². The number of piperazine rings is 1. The molecule has 0 aliphatic carbocycles. The average molecular weight is 309 g/mol. The molecule has 1 heterocycles. The molecule has 2 N–H and O–H groups in total. The van der Waals surface area contributed by atoms with Crippen LogP contribution in [0.15, 0.2) is 24.3 Å². The lowest BCUT2D eigenvalue weighted by molar-refractivity contribution is 0.0612. The summed E-state index contributed by atoms with van der Waals surface area (Å²) in [6, 6.07) is 5.76. The van der Waals surface area contributed by atoms with Crippen LogP contribution >= 0.6 is 12.2 Å². The minimum Gasteiger partial charge on any atom is -0.392 e. The Bertz CT molecular complexity index is 512. The molecule has 1 fully saturated rings. The molecule has 0 aromatic heterocycles. The Hall–Kier alpha value is -1.53. The summed E-state index contributed by atoms with van der Waals surface area (Å²) in [7, 11) is 0. The molecule has 4 nitrogen and oxygen atoms in total. The lowest BCUT2D eigenvalue weighted by Crippen LogP contribution is -2.54. The molecule has 1 aliphatic heterocycles. The van der Waals surface area contributed by atoms with Crippen LogP contribution < -0.4 is 5.73 Å². The predicted molar refractivity (Wildman–Crippen MR) is 84.7 cm³/mol. The zero-order valence-electron chi connectivity index (χ0n) is 12.1. The quantitative estimate of drug-likeness (QED) is 0.859. The second-order valence-electron chi connectivity index (χ2n) is 5.16. The number of nitrogens with two attached hydrogens (primary N) is 1. The number of hydrogen-bond acceptors (Lipinski definition) is 3. The van der Waals surface area contributed by atoms with Gasteiger partial charge < -0.3 is 10.6 Å². The zero-order valence-corrected chi connectivity index (χ0v) is 12.9. The number of halogens is 1. The minimum absolute atomic E-state index is 0.0574. The topological polar surface area (TPSA) is 49.6 Å². The van der Waals surface area contributed by atoms with Gasteiger partial charge in [-0.3, -0.25) is 9.69 Å². The van der Waals surface area contributed by atoms with E-state index in [9.17, 15) is 9.18 Å². The average Bonchev–Trinajstić information content (AvgIpc) is 2.48. The van der Waals surface area contributed by atoms with Crippen molar-refractivity contribution in [2.45, 2.75) is 19.4 Å². The van der Waals surface area contributed by atoms with E-state index < -0.39 is 0 Å². The maximum Gasteiger partial charge on any atom is 0.253 e. The third-order valence-corrected chi connectivity index (χ3v) is 4.12. The normalized spacial score (nSPS) is 17.5. The van der Waals surface area contributed by atoms with Gasteiger partial charge in [-0.25, -0.2) is 4.39 Å². The Morgan fingerprint density at radius 3 is 2.33 bits per heavy atom. The van der Waals surface area contributed by atoms with Crippen molar-refractivity contribution in [1.29, 1.82) is 0 Å². The van der Waals surface area contributed by atoms with E-state index in [1.165, 1.54) is 24.3 Å². The number of carbonyl (C=O) groups is 1. The van der Waals surface area contributed by atoms with Gasteiger partial charge in [-0.1, -0.05) is 19.1 Å². The van der Waals surface area contributed by atoms with Crippen LogP contribution in [-0.4, -0.2) is 52.9 Å². The maximum atomic E-state index is 12.9. The van der Waals surface area contributed by atoms with Gasteiger partial charge in [0, 0.05) is 31.7 Å². The third kappa shape index (κ3) is 3.77. The molecule has 1 aromatic carbocycles. The highest BCUT2D eigenvalue weighted by atomic mass is 32.1. The standard InChI is InChI=1S/C15H20FN3OS/c1-2-13(14(17)21)18-7-9-19(10-8-18)15(20)11-3-5-12(16)6-4-11/h3-6,13H,2,7-10H2,1H3,(H2,17,21). The smallest absolute Gasteiger partial charge is 0.253 e. The van der Waals surface area contributed by atoms with E-state index in [-0.39, 0.29) is 17.8 Å². The molecule has 1 aliphatic rings. The Morgan fingerprint density at radius 1 is 1.29 bits per heavy atom. The molecular formula is C15H20FN3OS. The minimum atomic E-state index is -0.335. The van der Waals surface area contributed by atoms with Crippen molar-refractivity contribution in [3.63, 3.8) is 0 Å². The largest absolute Gasteiger partial charge is 0.392 e. The predicted octanol–water partition coefficient (Wildman–Crippen LogP) is 1.65. The van der Waals surface area contributed by atoms with Crippen molar-refractivity contribution in [1.82, 2.24) is 9.80 Å². The Morgan fingerprint density at radius 2 is 1.86 bits per heavy atom. The van der Waals surface area contributed by atoms with E-state index in [0.29, 0.717) is 23.6 Å². The molecule has 6 heteroatoms. The van der Waals surface area contributed by atoms with Crippen LogP contribution in [0.3, 0.4) is 0 Å². The highest BCUT2D eigenvalue weighted by molar-refractivity contribution is 7.80. The van der Waals surface area contributed by atoms with Gasteiger partial charge in [-0.05, 0) is 30.7 Å². The van der Waals surface area contributed by atoms with Gasteiger partial charge in [0.15, 0.2) is 0 Å². The second kappa shape index (κ2) is 6.95. The number of amides is 1. The first-order chi connectivity index (χ1) is 10.0. The first-order valence-electron chi connectivity index (χ1n) is 7.11. The Labute approximate surface area is 129 Å². The lowest BCUT2D eigenvalue weighted by atomic mass is 10.1. The molecule has 1 unspecified atom stereocenters. The Balaban J connectivity index is 1.96. The molecule has 1 aromatic rings. The van der Waals surface area contributed by atoms with Crippen LogP contribution in [0.4, 0.5) is 4.39 Å². The van der Waals surface area contributed by atoms with Crippen LogP contribution in [0.2, 0.25) is 0 Å². The summed E-state index contributed by atoms with van der Waals surface area (Å²) in [4.78, 5) is 16.8. The van der Waals surface area contributed by atoms with Crippen molar-refractivity contribution in [3.05, 3.63) is 35.6 Å². The lowest BCUT2D eigenvalue weighted by Gasteiger charge is -2.38. The maximum absolute atomic E-state index is 12.9. The number of carbonyl (C=O) groups excluding carboxylic acids is 1. The summed E-state index contributed by atoms with van der Waals surface area (Å²) < 4.78 is 12.9. The van der Waals surface area contributed by atoms with Crippen molar-refractivity contribution >= 4 is 23.1 Å². The molecule has 0 radical (unpaired) electrons. The summed E-state index contributed by atoms with van der Waals surface area (Å²) in [6.07, 6.45) is 0.876.